The van der Waals surface area contributed by atoms with E-state index in [0.29, 0.717) is 23.3 Å². The van der Waals surface area contributed by atoms with E-state index >= 15 is 0 Å². The summed E-state index contributed by atoms with van der Waals surface area (Å²) in [6.45, 7) is 15.9. The normalized spacial score (nSPS) is 12.1. The van der Waals surface area contributed by atoms with E-state index in [9.17, 15) is 9.59 Å². The zero-order valence-corrected chi connectivity index (χ0v) is 20.5. The lowest BCUT2D eigenvalue weighted by atomic mass is 9.88. The number of ketones is 1. The van der Waals surface area contributed by atoms with Crippen molar-refractivity contribution in [1.82, 2.24) is 14.7 Å². The van der Waals surface area contributed by atoms with Gasteiger partial charge in [-0.2, -0.15) is 5.10 Å². The minimum Gasteiger partial charge on any atom is -0.497 e. The third kappa shape index (κ3) is 6.55. The SMILES string of the molecule is COc1ccc2c(C(=O)C(C)(C)C)nn(CC(=O)N(CCC(C)C)CCC(C)C)c2c1. The third-order valence-corrected chi connectivity index (χ3v) is 5.45. The number of Topliss-reactive ketones (excluding diaryl/α,β-unsaturated/α-hetero) is 1. The van der Waals surface area contributed by atoms with E-state index in [2.05, 4.69) is 32.8 Å². The summed E-state index contributed by atoms with van der Waals surface area (Å²) in [5.74, 6) is 1.72. The molecule has 6 heteroatoms. The summed E-state index contributed by atoms with van der Waals surface area (Å²) in [5, 5.41) is 5.36. The van der Waals surface area contributed by atoms with E-state index < -0.39 is 5.41 Å². The van der Waals surface area contributed by atoms with Crippen molar-refractivity contribution in [1.29, 1.82) is 0 Å². The van der Waals surface area contributed by atoms with Crippen LogP contribution in [0, 0.1) is 17.3 Å². The number of ether oxygens (including phenoxy) is 1. The van der Waals surface area contributed by atoms with Gasteiger partial charge in [0.2, 0.25) is 5.91 Å². The number of methoxy groups -OCH3 is 1. The van der Waals surface area contributed by atoms with Crippen LogP contribution >= 0.6 is 0 Å². The highest BCUT2D eigenvalue weighted by Gasteiger charge is 2.29. The van der Waals surface area contributed by atoms with Crippen LogP contribution < -0.4 is 4.74 Å². The lowest BCUT2D eigenvalue weighted by Crippen LogP contribution is -2.36. The Morgan fingerprint density at radius 1 is 1.06 bits per heavy atom. The molecule has 1 aromatic carbocycles. The first-order valence-corrected chi connectivity index (χ1v) is 11.3. The number of amides is 1. The second kappa shape index (κ2) is 10.3. The van der Waals surface area contributed by atoms with Gasteiger partial charge < -0.3 is 9.64 Å². The summed E-state index contributed by atoms with van der Waals surface area (Å²) in [6, 6.07) is 5.53. The van der Waals surface area contributed by atoms with E-state index in [4.69, 9.17) is 4.74 Å². The van der Waals surface area contributed by atoms with Gasteiger partial charge in [-0.3, -0.25) is 14.3 Å². The highest BCUT2D eigenvalue weighted by molar-refractivity contribution is 6.08. The first-order chi connectivity index (χ1) is 14.4. The Bertz CT molecular complexity index is 895. The molecule has 0 N–H and O–H groups in total. The van der Waals surface area contributed by atoms with Gasteiger partial charge in [-0.05, 0) is 36.8 Å². The summed E-state index contributed by atoms with van der Waals surface area (Å²) < 4.78 is 7.04. The summed E-state index contributed by atoms with van der Waals surface area (Å²) in [7, 11) is 1.60. The van der Waals surface area contributed by atoms with Crippen molar-refractivity contribution < 1.29 is 14.3 Å². The van der Waals surface area contributed by atoms with E-state index in [-0.39, 0.29) is 18.2 Å². The predicted molar refractivity (Wildman–Crippen MR) is 126 cm³/mol. The molecule has 2 rings (SSSR count). The van der Waals surface area contributed by atoms with E-state index in [1.165, 1.54) is 0 Å². The van der Waals surface area contributed by atoms with Gasteiger partial charge >= 0.3 is 0 Å². The number of fused-ring (bicyclic) bond motifs is 1. The van der Waals surface area contributed by atoms with E-state index in [1.54, 1.807) is 11.8 Å². The molecule has 2 aromatic rings. The number of hydrogen-bond acceptors (Lipinski definition) is 4. The van der Waals surface area contributed by atoms with Crippen molar-refractivity contribution in [3.63, 3.8) is 0 Å². The van der Waals surface area contributed by atoms with Crippen LogP contribution in [0.3, 0.4) is 0 Å². The fourth-order valence-electron chi connectivity index (χ4n) is 3.34. The van der Waals surface area contributed by atoms with E-state index in [1.807, 2.05) is 43.9 Å². The van der Waals surface area contributed by atoms with Crippen LogP contribution in [0.25, 0.3) is 10.9 Å². The minimum absolute atomic E-state index is 0.0308. The zero-order chi connectivity index (χ0) is 23.3. The molecule has 31 heavy (non-hydrogen) atoms. The van der Waals surface area contributed by atoms with Gasteiger partial charge in [0.25, 0.3) is 0 Å². The van der Waals surface area contributed by atoms with Crippen molar-refractivity contribution in [2.45, 2.75) is 67.9 Å². The first kappa shape index (κ1) is 24.9. The Morgan fingerprint density at radius 3 is 2.13 bits per heavy atom. The Labute approximate surface area is 186 Å². The summed E-state index contributed by atoms with van der Waals surface area (Å²) in [4.78, 5) is 28.2. The lowest BCUT2D eigenvalue weighted by Gasteiger charge is -2.24. The average Bonchev–Trinajstić information content (AvgIpc) is 3.03. The van der Waals surface area contributed by atoms with Crippen molar-refractivity contribution in [2.24, 2.45) is 17.3 Å². The molecule has 1 amide bonds. The van der Waals surface area contributed by atoms with Crippen LogP contribution in [0.1, 0.15) is 71.8 Å². The molecule has 1 aromatic heterocycles. The lowest BCUT2D eigenvalue weighted by molar-refractivity contribution is -0.132. The van der Waals surface area contributed by atoms with Crippen LogP contribution in [0.2, 0.25) is 0 Å². The van der Waals surface area contributed by atoms with Gasteiger partial charge in [0, 0.05) is 30.0 Å². The Morgan fingerprint density at radius 2 is 1.65 bits per heavy atom. The van der Waals surface area contributed by atoms with Crippen LogP contribution in [-0.4, -0.2) is 46.6 Å². The average molecular weight is 430 g/mol. The molecule has 0 saturated heterocycles. The zero-order valence-electron chi connectivity index (χ0n) is 20.5. The third-order valence-electron chi connectivity index (χ3n) is 5.45. The molecule has 0 radical (unpaired) electrons. The van der Waals surface area contributed by atoms with Crippen molar-refractivity contribution in [2.75, 3.05) is 20.2 Å². The number of rotatable bonds is 10. The van der Waals surface area contributed by atoms with Crippen molar-refractivity contribution >= 4 is 22.6 Å². The van der Waals surface area contributed by atoms with Crippen LogP contribution in [0.15, 0.2) is 18.2 Å². The highest BCUT2D eigenvalue weighted by atomic mass is 16.5. The number of benzene rings is 1. The molecule has 0 aliphatic heterocycles. The van der Waals surface area contributed by atoms with E-state index in [0.717, 1.165) is 36.8 Å². The van der Waals surface area contributed by atoms with Gasteiger partial charge in [0.15, 0.2) is 5.78 Å². The molecular formula is C25H39N3O3. The Hall–Kier alpha value is -2.37. The summed E-state index contributed by atoms with van der Waals surface area (Å²) >= 11 is 0. The number of hydrogen-bond donors (Lipinski definition) is 0. The highest BCUT2D eigenvalue weighted by Crippen LogP contribution is 2.29. The standard InChI is InChI=1S/C25H39N3O3/c1-17(2)11-13-27(14-12-18(3)4)22(29)16-28-21-15-19(31-8)9-10-20(21)23(26-28)24(30)25(5,6)7/h9-10,15,17-18H,11-14,16H2,1-8H3. The van der Waals surface area contributed by atoms with Gasteiger partial charge in [-0.15, -0.1) is 0 Å². The van der Waals surface area contributed by atoms with Crippen molar-refractivity contribution in [3.8, 4) is 5.75 Å². The van der Waals surface area contributed by atoms with Crippen LogP contribution in [0.4, 0.5) is 0 Å². The molecule has 0 fully saturated rings. The van der Waals surface area contributed by atoms with Gasteiger partial charge in [0.1, 0.15) is 18.0 Å². The Balaban J connectivity index is 2.40. The summed E-state index contributed by atoms with van der Waals surface area (Å²) in [5.41, 5.74) is 0.596. The number of aromatic nitrogens is 2. The van der Waals surface area contributed by atoms with Crippen LogP contribution in [0.5, 0.6) is 5.75 Å². The molecule has 172 valence electrons. The van der Waals surface area contributed by atoms with Gasteiger partial charge in [0.05, 0.1) is 12.6 Å². The molecule has 6 nitrogen and oxygen atoms in total. The van der Waals surface area contributed by atoms with Crippen molar-refractivity contribution in [3.05, 3.63) is 23.9 Å². The van der Waals surface area contributed by atoms with Gasteiger partial charge in [-0.1, -0.05) is 48.5 Å². The maximum Gasteiger partial charge on any atom is 0.244 e. The smallest absolute Gasteiger partial charge is 0.244 e. The van der Waals surface area contributed by atoms with Gasteiger partial charge in [-0.25, -0.2) is 0 Å². The Kier molecular flexibility index (Phi) is 8.27. The fourth-order valence-corrected chi connectivity index (χ4v) is 3.34. The number of nitrogens with zero attached hydrogens (tertiary/aromatic N) is 3. The maximum absolute atomic E-state index is 13.3. The second-order valence-corrected chi connectivity index (χ2v) is 10.2. The molecule has 0 unspecified atom stereocenters. The van der Waals surface area contributed by atoms with Crippen LogP contribution in [-0.2, 0) is 11.3 Å². The molecular weight excluding hydrogens is 390 g/mol. The quantitative estimate of drug-likeness (QED) is 0.487. The molecule has 0 bridgehead atoms. The molecule has 0 atom stereocenters. The maximum atomic E-state index is 13.3. The predicted octanol–water partition coefficient (Wildman–Crippen LogP) is 5.19. The molecule has 0 spiro atoms. The molecule has 0 aliphatic carbocycles. The molecule has 1 heterocycles. The number of carbonyl (C=O) groups excluding carboxylic acids is 2. The topological polar surface area (TPSA) is 64.4 Å². The molecule has 0 aliphatic rings. The summed E-state index contributed by atoms with van der Waals surface area (Å²) in [6.07, 6.45) is 1.93. The number of carbonyl (C=O) groups is 2. The fraction of sp³-hybridized carbons (Fsp3) is 0.640. The minimum atomic E-state index is -0.559. The molecule has 0 saturated carbocycles. The second-order valence-electron chi connectivity index (χ2n) is 10.2. The largest absolute Gasteiger partial charge is 0.497 e. The first-order valence-electron chi connectivity index (χ1n) is 11.3. The monoisotopic (exact) mass is 429 g/mol.